The first-order chi connectivity index (χ1) is 17.1. The monoisotopic (exact) mass is 468 g/mol. The number of hydrogen-bond acceptors (Lipinski definition) is 7. The van der Waals surface area contributed by atoms with E-state index in [1.165, 1.54) is 6.33 Å². The van der Waals surface area contributed by atoms with E-state index in [9.17, 15) is 4.79 Å². The highest BCUT2D eigenvalue weighted by Crippen LogP contribution is 2.39. The van der Waals surface area contributed by atoms with Gasteiger partial charge in [-0.15, -0.1) is 0 Å². The quantitative estimate of drug-likeness (QED) is 0.419. The SMILES string of the molecule is COc1cc(C2C(C(=O)Nc3cccnc3)=C(C)Nc3ncnn32)ccc1OCc1ccccc1. The number of pyridine rings is 1. The molecule has 0 spiro atoms. The lowest BCUT2D eigenvalue weighted by molar-refractivity contribution is -0.113. The molecular weight excluding hydrogens is 444 g/mol. The summed E-state index contributed by atoms with van der Waals surface area (Å²) in [4.78, 5) is 21.8. The summed E-state index contributed by atoms with van der Waals surface area (Å²) >= 11 is 0. The highest BCUT2D eigenvalue weighted by molar-refractivity contribution is 6.05. The highest BCUT2D eigenvalue weighted by atomic mass is 16.5. The Morgan fingerprint density at radius 1 is 1.11 bits per heavy atom. The molecular formula is C26H24N6O3. The van der Waals surface area contributed by atoms with Gasteiger partial charge in [0.15, 0.2) is 11.5 Å². The number of rotatable bonds is 7. The summed E-state index contributed by atoms with van der Waals surface area (Å²) in [6.07, 6.45) is 4.71. The average molecular weight is 469 g/mol. The number of hydrogen-bond donors (Lipinski definition) is 2. The van der Waals surface area contributed by atoms with Gasteiger partial charge in [-0.25, -0.2) is 4.68 Å². The molecule has 0 fully saturated rings. The maximum Gasteiger partial charge on any atom is 0.255 e. The van der Waals surface area contributed by atoms with Gasteiger partial charge in [-0.1, -0.05) is 36.4 Å². The lowest BCUT2D eigenvalue weighted by Crippen LogP contribution is -2.31. The summed E-state index contributed by atoms with van der Waals surface area (Å²) in [6, 6.07) is 18.6. The minimum atomic E-state index is -0.525. The highest BCUT2D eigenvalue weighted by Gasteiger charge is 2.34. The number of benzene rings is 2. The van der Waals surface area contributed by atoms with Gasteiger partial charge in [-0.2, -0.15) is 10.1 Å². The molecule has 0 saturated heterocycles. The van der Waals surface area contributed by atoms with Crippen LogP contribution in [0.3, 0.4) is 0 Å². The van der Waals surface area contributed by atoms with Crippen molar-refractivity contribution in [3.8, 4) is 11.5 Å². The van der Waals surface area contributed by atoms with Crippen LogP contribution in [-0.2, 0) is 11.4 Å². The number of aromatic nitrogens is 4. The van der Waals surface area contributed by atoms with Crippen LogP contribution in [0.2, 0.25) is 0 Å². The van der Waals surface area contributed by atoms with E-state index in [-0.39, 0.29) is 5.91 Å². The fourth-order valence-corrected chi connectivity index (χ4v) is 4.04. The smallest absolute Gasteiger partial charge is 0.255 e. The lowest BCUT2D eigenvalue weighted by atomic mass is 9.94. The van der Waals surface area contributed by atoms with Crippen molar-refractivity contribution >= 4 is 17.5 Å². The lowest BCUT2D eigenvalue weighted by Gasteiger charge is -2.29. The van der Waals surface area contributed by atoms with E-state index in [4.69, 9.17) is 9.47 Å². The fourth-order valence-electron chi connectivity index (χ4n) is 4.04. The van der Waals surface area contributed by atoms with Gasteiger partial charge < -0.3 is 20.1 Å². The number of nitrogens with one attached hydrogen (secondary N) is 2. The Kier molecular flexibility index (Phi) is 6.13. The molecule has 2 N–H and O–H groups in total. The Balaban J connectivity index is 1.48. The zero-order valence-corrected chi connectivity index (χ0v) is 19.3. The molecule has 9 heteroatoms. The van der Waals surface area contributed by atoms with Crippen molar-refractivity contribution in [3.05, 3.63) is 102 Å². The van der Waals surface area contributed by atoms with Crippen LogP contribution in [0.5, 0.6) is 11.5 Å². The molecule has 0 saturated carbocycles. The van der Waals surface area contributed by atoms with Gasteiger partial charge in [0.05, 0.1) is 24.6 Å². The second-order valence-electron chi connectivity index (χ2n) is 7.97. The molecule has 0 bridgehead atoms. The first-order valence-corrected chi connectivity index (χ1v) is 11.1. The summed E-state index contributed by atoms with van der Waals surface area (Å²) in [5.74, 6) is 1.45. The molecule has 1 amide bonds. The standard InChI is InChI=1S/C26H24N6O3/c1-17-23(25(33)31-20-9-6-12-27-14-20)24(32-26(30-17)28-16-29-32)19-10-11-21(22(13-19)34-2)35-15-18-7-4-3-5-8-18/h3-14,16,24H,15H2,1-2H3,(H,31,33)(H,28,29,30). The first kappa shape index (κ1) is 22.1. The van der Waals surface area contributed by atoms with Crippen molar-refractivity contribution in [2.75, 3.05) is 17.7 Å². The Hall–Kier alpha value is -4.66. The number of allylic oxidation sites excluding steroid dienone is 1. The third-order valence-electron chi connectivity index (χ3n) is 5.70. The molecule has 3 heterocycles. The summed E-state index contributed by atoms with van der Waals surface area (Å²) in [7, 11) is 1.59. The number of ether oxygens (including phenoxy) is 2. The molecule has 1 atom stereocenters. The van der Waals surface area contributed by atoms with Gasteiger partial charge in [0, 0.05) is 11.9 Å². The van der Waals surface area contributed by atoms with E-state index in [1.54, 1.807) is 36.3 Å². The van der Waals surface area contributed by atoms with Gasteiger partial charge in [-0.3, -0.25) is 9.78 Å². The van der Waals surface area contributed by atoms with Crippen molar-refractivity contribution in [2.24, 2.45) is 0 Å². The second kappa shape index (κ2) is 9.68. The van der Waals surface area contributed by atoms with Crippen LogP contribution in [0, 0.1) is 0 Å². The molecule has 1 aliphatic heterocycles. The van der Waals surface area contributed by atoms with Crippen LogP contribution in [-0.4, -0.2) is 32.8 Å². The number of methoxy groups -OCH3 is 1. The summed E-state index contributed by atoms with van der Waals surface area (Å²) < 4.78 is 13.3. The van der Waals surface area contributed by atoms with E-state index < -0.39 is 6.04 Å². The summed E-state index contributed by atoms with van der Waals surface area (Å²) in [6.45, 7) is 2.26. The van der Waals surface area contributed by atoms with E-state index in [0.717, 1.165) is 11.1 Å². The topological polar surface area (TPSA) is 103 Å². The number of carbonyl (C=O) groups excluding carboxylic acids is 1. The zero-order valence-electron chi connectivity index (χ0n) is 19.3. The van der Waals surface area contributed by atoms with Crippen molar-refractivity contribution in [3.63, 3.8) is 0 Å². The number of amides is 1. The van der Waals surface area contributed by atoms with Crippen LogP contribution in [0.15, 0.2) is 90.7 Å². The van der Waals surface area contributed by atoms with Crippen molar-refractivity contribution in [1.82, 2.24) is 19.7 Å². The number of anilines is 2. The molecule has 0 aliphatic carbocycles. The maximum absolute atomic E-state index is 13.4. The van der Waals surface area contributed by atoms with E-state index in [0.29, 0.717) is 41.0 Å². The predicted octanol–water partition coefficient (Wildman–Crippen LogP) is 4.19. The molecule has 0 radical (unpaired) electrons. The average Bonchev–Trinajstić information content (AvgIpc) is 3.35. The maximum atomic E-state index is 13.4. The second-order valence-corrected chi connectivity index (χ2v) is 7.97. The molecule has 9 nitrogen and oxygen atoms in total. The van der Waals surface area contributed by atoms with Crippen LogP contribution >= 0.6 is 0 Å². The molecule has 1 unspecified atom stereocenters. The van der Waals surface area contributed by atoms with E-state index >= 15 is 0 Å². The van der Waals surface area contributed by atoms with Gasteiger partial charge >= 0.3 is 0 Å². The molecule has 2 aromatic heterocycles. The Morgan fingerprint density at radius 3 is 2.74 bits per heavy atom. The van der Waals surface area contributed by atoms with E-state index in [1.807, 2.05) is 55.5 Å². The van der Waals surface area contributed by atoms with Crippen LogP contribution in [0.25, 0.3) is 0 Å². The summed E-state index contributed by atoms with van der Waals surface area (Å²) in [5, 5.41) is 10.5. The predicted molar refractivity (Wildman–Crippen MR) is 131 cm³/mol. The largest absolute Gasteiger partial charge is 0.493 e. The van der Waals surface area contributed by atoms with Crippen molar-refractivity contribution in [1.29, 1.82) is 0 Å². The Labute approximate surface area is 202 Å². The molecule has 2 aromatic carbocycles. The van der Waals surface area contributed by atoms with Gasteiger partial charge in [0.1, 0.15) is 19.0 Å². The molecule has 5 rings (SSSR count). The number of nitrogens with zero attached hydrogens (tertiary/aromatic N) is 4. The number of fused-ring (bicyclic) bond motifs is 1. The third-order valence-corrected chi connectivity index (χ3v) is 5.70. The zero-order chi connectivity index (χ0) is 24.2. The minimum Gasteiger partial charge on any atom is -0.493 e. The Bertz CT molecular complexity index is 1370. The minimum absolute atomic E-state index is 0.266. The van der Waals surface area contributed by atoms with Crippen LogP contribution in [0.4, 0.5) is 11.6 Å². The normalized spacial score (nSPS) is 14.6. The molecule has 176 valence electrons. The fraction of sp³-hybridized carbons (Fsp3) is 0.154. The summed E-state index contributed by atoms with van der Waals surface area (Å²) in [5.41, 5.74) is 3.64. The van der Waals surface area contributed by atoms with Gasteiger partial charge in [-0.05, 0) is 42.3 Å². The first-order valence-electron chi connectivity index (χ1n) is 11.1. The Morgan fingerprint density at radius 2 is 1.97 bits per heavy atom. The van der Waals surface area contributed by atoms with Gasteiger partial charge in [0.2, 0.25) is 5.95 Å². The van der Waals surface area contributed by atoms with Crippen molar-refractivity contribution in [2.45, 2.75) is 19.6 Å². The van der Waals surface area contributed by atoms with Crippen molar-refractivity contribution < 1.29 is 14.3 Å². The van der Waals surface area contributed by atoms with Crippen LogP contribution in [0.1, 0.15) is 24.1 Å². The molecule has 1 aliphatic rings. The molecule has 35 heavy (non-hydrogen) atoms. The van der Waals surface area contributed by atoms with E-state index in [2.05, 4.69) is 25.7 Å². The number of carbonyl (C=O) groups is 1. The van der Waals surface area contributed by atoms with Gasteiger partial charge in [0.25, 0.3) is 5.91 Å². The third kappa shape index (κ3) is 4.56. The molecule has 4 aromatic rings. The van der Waals surface area contributed by atoms with Crippen LogP contribution < -0.4 is 20.1 Å².